The summed E-state index contributed by atoms with van der Waals surface area (Å²) in [6.45, 7) is 0. The fourth-order valence-electron chi connectivity index (χ4n) is 1.65. The first-order valence-electron chi connectivity index (χ1n) is 5.29. The van der Waals surface area contributed by atoms with Crippen LogP contribution in [0.1, 0.15) is 4.88 Å². The van der Waals surface area contributed by atoms with E-state index in [1.54, 1.807) is 0 Å². The van der Waals surface area contributed by atoms with E-state index in [0.29, 0.717) is 10.8 Å². The Bertz CT molecular complexity index is 848. The number of nitrogens with one attached hydrogen (secondary N) is 1. The Labute approximate surface area is 116 Å². The molecule has 0 fully saturated rings. The van der Waals surface area contributed by atoms with Crippen LogP contribution in [-0.4, -0.2) is 4.98 Å². The summed E-state index contributed by atoms with van der Waals surface area (Å²) in [7, 11) is 0. The fourth-order valence-corrected chi connectivity index (χ4v) is 2.72. The number of thiol groups is 1. The second kappa shape index (κ2) is 4.90. The van der Waals surface area contributed by atoms with Gasteiger partial charge in [-0.25, -0.2) is 0 Å². The van der Waals surface area contributed by atoms with Crippen molar-refractivity contribution in [3.8, 4) is 0 Å². The Balaban J connectivity index is 2.31. The van der Waals surface area contributed by atoms with Gasteiger partial charge in [0, 0.05) is 5.22 Å². The van der Waals surface area contributed by atoms with E-state index in [2.05, 4.69) is 38.3 Å². The zero-order valence-electron chi connectivity index (χ0n) is 9.44. The number of benzene rings is 1. The first kappa shape index (κ1) is 12.0. The Kier molecular flexibility index (Phi) is 3.10. The van der Waals surface area contributed by atoms with Gasteiger partial charge >= 0.3 is 4.87 Å². The van der Waals surface area contributed by atoms with Crippen LogP contribution in [0.2, 0.25) is 0 Å². The normalized spacial score (nSPS) is 14.6. The van der Waals surface area contributed by atoms with E-state index in [1.807, 2.05) is 30.3 Å². The number of H-pyrrole nitrogens is 1. The minimum atomic E-state index is -0.137. The topological polar surface area (TPSA) is 82.3 Å². The molecule has 1 aromatic carbocycles. The summed E-state index contributed by atoms with van der Waals surface area (Å²) in [5, 5.41) is 16.9. The summed E-state index contributed by atoms with van der Waals surface area (Å²) in [5.41, 5.74) is 0. The highest BCUT2D eigenvalue weighted by atomic mass is 32.1. The van der Waals surface area contributed by atoms with Crippen LogP contribution in [0.4, 0.5) is 0 Å². The van der Waals surface area contributed by atoms with Gasteiger partial charge in [-0.05, 0) is 21.7 Å². The average Bonchev–Trinajstić information content (AvgIpc) is 3.01. The number of nitrogens with zero attached hydrogens (tertiary/aromatic N) is 4. The van der Waals surface area contributed by atoms with Crippen molar-refractivity contribution in [1.29, 1.82) is 0 Å². The first-order chi connectivity index (χ1) is 9.24. The van der Waals surface area contributed by atoms with Crippen molar-refractivity contribution in [2.24, 2.45) is 20.7 Å². The third-order valence-corrected chi connectivity index (χ3v) is 3.80. The fraction of sp³-hybridized carbons (Fsp3) is 0. The van der Waals surface area contributed by atoms with Crippen molar-refractivity contribution in [2.45, 2.75) is 5.03 Å². The molecule has 3 rings (SSSR count). The van der Waals surface area contributed by atoms with Crippen molar-refractivity contribution < 1.29 is 0 Å². The van der Waals surface area contributed by atoms with Crippen molar-refractivity contribution in [2.75, 3.05) is 0 Å². The zero-order valence-corrected chi connectivity index (χ0v) is 11.2. The molecule has 6 nitrogen and oxygen atoms in total. The molecule has 1 aromatic heterocycles. The highest BCUT2D eigenvalue weighted by molar-refractivity contribution is 7.80. The molecule has 0 aliphatic carbocycles. The number of aromatic amines is 1. The Morgan fingerprint density at radius 2 is 1.95 bits per heavy atom. The number of rotatable bonds is 1. The van der Waals surface area contributed by atoms with Gasteiger partial charge in [-0.1, -0.05) is 35.6 Å². The SMILES string of the molecule is O=c1[nH]c(S)c(C=c2ccccc2=C2N=NN=N2)s1. The predicted molar refractivity (Wildman–Crippen MR) is 74.6 cm³/mol. The summed E-state index contributed by atoms with van der Waals surface area (Å²) in [6, 6.07) is 7.55. The summed E-state index contributed by atoms with van der Waals surface area (Å²) < 4.78 is 0. The third kappa shape index (κ3) is 2.40. The van der Waals surface area contributed by atoms with Gasteiger partial charge in [0.15, 0.2) is 0 Å². The zero-order chi connectivity index (χ0) is 13.2. The molecular weight excluding hydrogens is 282 g/mol. The van der Waals surface area contributed by atoms with Gasteiger partial charge < -0.3 is 4.98 Å². The van der Waals surface area contributed by atoms with Gasteiger partial charge in [-0.15, -0.1) is 22.9 Å². The molecule has 0 bridgehead atoms. The van der Waals surface area contributed by atoms with Crippen molar-refractivity contribution in [1.82, 2.24) is 4.98 Å². The minimum Gasteiger partial charge on any atom is -0.307 e. The van der Waals surface area contributed by atoms with E-state index < -0.39 is 0 Å². The van der Waals surface area contributed by atoms with Gasteiger partial charge in [0.25, 0.3) is 0 Å². The van der Waals surface area contributed by atoms with Crippen molar-refractivity contribution >= 4 is 35.9 Å². The quantitative estimate of drug-likeness (QED) is 0.765. The van der Waals surface area contributed by atoms with Gasteiger partial charge in [0.2, 0.25) is 5.82 Å². The molecule has 94 valence electrons. The highest BCUT2D eigenvalue weighted by Gasteiger charge is 2.03. The van der Waals surface area contributed by atoms with Crippen molar-refractivity contribution in [3.63, 3.8) is 0 Å². The van der Waals surface area contributed by atoms with E-state index in [0.717, 1.165) is 26.7 Å². The smallest absolute Gasteiger partial charge is 0.305 e. The first-order valence-corrected chi connectivity index (χ1v) is 6.55. The van der Waals surface area contributed by atoms with E-state index in [9.17, 15) is 4.79 Å². The molecule has 2 heterocycles. The summed E-state index contributed by atoms with van der Waals surface area (Å²) in [5.74, 6) is 0.454. The molecular formula is C11H7N5OS2. The lowest BCUT2D eigenvalue weighted by Crippen LogP contribution is -2.25. The predicted octanol–water partition coefficient (Wildman–Crippen LogP) is 1.45. The van der Waals surface area contributed by atoms with E-state index in [-0.39, 0.29) is 4.87 Å². The molecule has 8 heteroatoms. The van der Waals surface area contributed by atoms with Crippen LogP contribution < -0.4 is 15.3 Å². The molecule has 1 aliphatic rings. The molecule has 0 amide bonds. The highest BCUT2D eigenvalue weighted by Crippen LogP contribution is 2.13. The van der Waals surface area contributed by atoms with Crippen molar-refractivity contribution in [3.05, 3.63) is 49.2 Å². The average molecular weight is 289 g/mol. The lowest BCUT2D eigenvalue weighted by Gasteiger charge is -1.92. The molecule has 2 aromatic rings. The lowest BCUT2D eigenvalue weighted by atomic mass is 10.2. The van der Waals surface area contributed by atoms with Crippen LogP contribution in [-0.2, 0) is 0 Å². The third-order valence-electron chi connectivity index (χ3n) is 2.46. The number of hydrogen-bond acceptors (Lipinski definition) is 7. The lowest BCUT2D eigenvalue weighted by molar-refractivity contribution is 1.06. The maximum absolute atomic E-state index is 11.3. The van der Waals surface area contributed by atoms with E-state index >= 15 is 0 Å². The summed E-state index contributed by atoms with van der Waals surface area (Å²) >= 11 is 5.33. The second-order valence-electron chi connectivity index (χ2n) is 3.66. The summed E-state index contributed by atoms with van der Waals surface area (Å²) in [6.07, 6.45) is 1.86. The van der Waals surface area contributed by atoms with Crippen LogP contribution in [0.3, 0.4) is 0 Å². The van der Waals surface area contributed by atoms with Crippen LogP contribution >= 0.6 is 24.0 Å². The van der Waals surface area contributed by atoms with Gasteiger partial charge in [0.1, 0.15) is 0 Å². The van der Waals surface area contributed by atoms with E-state index in [4.69, 9.17) is 0 Å². The molecule has 0 saturated heterocycles. The molecule has 0 unspecified atom stereocenters. The largest absolute Gasteiger partial charge is 0.307 e. The number of thiazole rings is 1. The van der Waals surface area contributed by atoms with Gasteiger partial charge in [0.05, 0.1) is 9.90 Å². The monoisotopic (exact) mass is 289 g/mol. The Morgan fingerprint density at radius 3 is 2.63 bits per heavy atom. The molecule has 0 radical (unpaired) electrons. The molecule has 1 N–H and O–H groups in total. The molecule has 1 aliphatic heterocycles. The van der Waals surface area contributed by atoms with Crippen LogP contribution in [0.5, 0.6) is 0 Å². The number of aromatic nitrogens is 1. The summed E-state index contributed by atoms with van der Waals surface area (Å²) in [4.78, 5) is 14.5. The maximum Gasteiger partial charge on any atom is 0.305 e. The maximum atomic E-state index is 11.3. The molecule has 19 heavy (non-hydrogen) atoms. The van der Waals surface area contributed by atoms with Crippen LogP contribution in [0, 0.1) is 0 Å². The molecule has 0 atom stereocenters. The van der Waals surface area contributed by atoms with Crippen LogP contribution in [0.25, 0.3) is 11.9 Å². The Morgan fingerprint density at radius 1 is 1.21 bits per heavy atom. The van der Waals surface area contributed by atoms with Gasteiger partial charge in [-0.2, -0.15) is 0 Å². The minimum absolute atomic E-state index is 0.137. The second-order valence-corrected chi connectivity index (χ2v) is 5.12. The number of hydrogen-bond donors (Lipinski definition) is 2. The van der Waals surface area contributed by atoms with E-state index in [1.165, 1.54) is 0 Å². The van der Waals surface area contributed by atoms with Gasteiger partial charge in [-0.3, -0.25) is 4.79 Å². The standard InChI is InChI=1S/C11H7N5OS2/c17-11-12-10(18)8(19-11)5-6-3-1-2-4-7(6)9-13-15-16-14-9/h1-5,18H,(H,12,17). The molecule has 0 saturated carbocycles. The molecule has 0 spiro atoms. The van der Waals surface area contributed by atoms with Crippen LogP contribution in [0.15, 0.2) is 54.8 Å². The Hall–Kier alpha value is -2.06.